The van der Waals surface area contributed by atoms with Crippen molar-refractivity contribution >= 4 is 11.9 Å². The molecule has 110 valence electrons. The van der Waals surface area contributed by atoms with E-state index < -0.39 is 5.97 Å². The number of carboxylic acids is 1. The Morgan fingerprint density at radius 2 is 1.90 bits per heavy atom. The molecule has 1 heterocycles. The number of aromatic carboxylic acids is 1. The summed E-state index contributed by atoms with van der Waals surface area (Å²) < 4.78 is 5.20. The van der Waals surface area contributed by atoms with Crippen molar-refractivity contribution in [2.45, 2.75) is 19.4 Å². The van der Waals surface area contributed by atoms with Crippen molar-refractivity contribution in [3.63, 3.8) is 0 Å². The van der Waals surface area contributed by atoms with Crippen LogP contribution in [-0.4, -0.2) is 28.9 Å². The second kappa shape index (κ2) is 6.74. The number of furan rings is 1. The zero-order valence-electron chi connectivity index (χ0n) is 11.8. The molecule has 1 N–H and O–H groups in total. The van der Waals surface area contributed by atoms with Gasteiger partial charge in [-0.25, -0.2) is 4.79 Å². The summed E-state index contributed by atoms with van der Waals surface area (Å²) in [5.41, 5.74) is 1.19. The molecule has 1 aromatic carbocycles. The summed E-state index contributed by atoms with van der Waals surface area (Å²) in [4.78, 5) is 24.4. The van der Waals surface area contributed by atoms with E-state index in [9.17, 15) is 9.59 Å². The first-order valence-corrected chi connectivity index (χ1v) is 6.65. The molecule has 5 heteroatoms. The lowest BCUT2D eigenvalue weighted by atomic mass is 10.1. The largest absolute Gasteiger partial charge is 0.478 e. The van der Waals surface area contributed by atoms with Gasteiger partial charge >= 0.3 is 5.97 Å². The number of benzene rings is 1. The number of carbonyl (C=O) groups is 2. The third-order valence-electron chi connectivity index (χ3n) is 3.23. The second-order valence-electron chi connectivity index (χ2n) is 4.83. The van der Waals surface area contributed by atoms with Gasteiger partial charge in [-0.3, -0.25) is 4.79 Å². The van der Waals surface area contributed by atoms with Crippen molar-refractivity contribution in [3.8, 4) is 0 Å². The molecule has 1 aromatic heterocycles. The number of aryl methyl sites for hydroxylation is 1. The first kappa shape index (κ1) is 14.8. The average molecular weight is 287 g/mol. The van der Waals surface area contributed by atoms with Crippen LogP contribution in [0.15, 0.2) is 47.1 Å². The highest BCUT2D eigenvalue weighted by Crippen LogP contribution is 2.09. The van der Waals surface area contributed by atoms with Crippen LogP contribution < -0.4 is 0 Å². The molecule has 0 spiro atoms. The lowest BCUT2D eigenvalue weighted by molar-refractivity contribution is -0.130. The molecule has 0 unspecified atom stereocenters. The van der Waals surface area contributed by atoms with Crippen LogP contribution in [0.4, 0.5) is 0 Å². The van der Waals surface area contributed by atoms with Crippen molar-refractivity contribution in [1.82, 2.24) is 4.90 Å². The van der Waals surface area contributed by atoms with E-state index >= 15 is 0 Å². The van der Waals surface area contributed by atoms with Gasteiger partial charge < -0.3 is 14.4 Å². The Morgan fingerprint density at radius 3 is 2.48 bits per heavy atom. The van der Waals surface area contributed by atoms with E-state index in [1.807, 2.05) is 6.07 Å². The average Bonchev–Trinajstić information content (AvgIpc) is 2.98. The Bertz CT molecular complexity index is 602. The Hall–Kier alpha value is -2.56. The number of nitrogens with zero attached hydrogens (tertiary/aromatic N) is 1. The summed E-state index contributed by atoms with van der Waals surface area (Å²) in [6.07, 6.45) is 2.54. The summed E-state index contributed by atoms with van der Waals surface area (Å²) in [6.45, 7) is 0.448. The lowest BCUT2D eigenvalue weighted by Crippen LogP contribution is -2.26. The van der Waals surface area contributed by atoms with Gasteiger partial charge in [0.25, 0.3) is 0 Å². The van der Waals surface area contributed by atoms with Gasteiger partial charge in [0, 0.05) is 13.5 Å². The molecule has 2 aromatic rings. The van der Waals surface area contributed by atoms with Crippen molar-refractivity contribution in [2.75, 3.05) is 7.05 Å². The molecule has 0 bridgehead atoms. The van der Waals surface area contributed by atoms with Gasteiger partial charge in [-0.1, -0.05) is 12.1 Å². The maximum atomic E-state index is 12.0. The second-order valence-corrected chi connectivity index (χ2v) is 4.83. The Labute approximate surface area is 122 Å². The predicted molar refractivity (Wildman–Crippen MR) is 76.9 cm³/mol. The maximum Gasteiger partial charge on any atom is 0.335 e. The van der Waals surface area contributed by atoms with E-state index in [1.165, 1.54) is 0 Å². The summed E-state index contributed by atoms with van der Waals surface area (Å²) in [6, 6.07) is 10.2. The van der Waals surface area contributed by atoms with Crippen LogP contribution in [0.5, 0.6) is 0 Å². The van der Waals surface area contributed by atoms with E-state index in [0.29, 0.717) is 19.4 Å². The van der Waals surface area contributed by atoms with Crippen LogP contribution in [-0.2, 0) is 17.8 Å². The fraction of sp³-hybridized carbons (Fsp3) is 0.250. The summed E-state index contributed by atoms with van der Waals surface area (Å²) in [5, 5.41) is 8.82. The number of rotatable bonds is 6. The van der Waals surface area contributed by atoms with E-state index in [4.69, 9.17) is 9.52 Å². The van der Waals surface area contributed by atoms with Crippen LogP contribution in [0.2, 0.25) is 0 Å². The molecule has 1 amide bonds. The van der Waals surface area contributed by atoms with Crippen LogP contribution in [0.25, 0.3) is 0 Å². The van der Waals surface area contributed by atoms with Crippen molar-refractivity contribution < 1.29 is 19.1 Å². The molecule has 0 radical (unpaired) electrons. The van der Waals surface area contributed by atoms with E-state index in [2.05, 4.69) is 0 Å². The number of hydrogen-bond donors (Lipinski definition) is 1. The van der Waals surface area contributed by atoms with Crippen molar-refractivity contribution in [3.05, 3.63) is 59.5 Å². The molecule has 0 saturated heterocycles. The summed E-state index contributed by atoms with van der Waals surface area (Å²) >= 11 is 0. The minimum atomic E-state index is -0.948. The highest BCUT2D eigenvalue weighted by Gasteiger charge is 2.11. The number of carboxylic acid groups (broad SMARTS) is 1. The standard InChI is InChI=1S/C16H17NO4/c1-17(11-14-3-2-10-21-14)15(18)9-6-12-4-7-13(8-5-12)16(19)20/h2-5,7-8,10H,6,9,11H2,1H3,(H,19,20). The van der Waals surface area contributed by atoms with Gasteiger partial charge in [0.05, 0.1) is 18.4 Å². The topological polar surface area (TPSA) is 70.8 Å². The quantitative estimate of drug-likeness (QED) is 0.886. The predicted octanol–water partition coefficient (Wildman–Crippen LogP) is 2.57. The fourth-order valence-corrected chi connectivity index (χ4v) is 1.98. The molecule has 0 aliphatic rings. The third-order valence-corrected chi connectivity index (χ3v) is 3.23. The van der Waals surface area contributed by atoms with Crippen molar-refractivity contribution in [2.24, 2.45) is 0 Å². The van der Waals surface area contributed by atoms with Gasteiger partial charge in [0.15, 0.2) is 0 Å². The number of amides is 1. The third kappa shape index (κ3) is 4.21. The fourth-order valence-electron chi connectivity index (χ4n) is 1.98. The van der Waals surface area contributed by atoms with E-state index in [-0.39, 0.29) is 11.5 Å². The van der Waals surface area contributed by atoms with Crippen LogP contribution in [0.1, 0.15) is 28.1 Å². The summed E-state index contributed by atoms with van der Waals surface area (Å²) in [5.74, 6) is -0.179. The Kier molecular flexibility index (Phi) is 4.77. The number of hydrogen-bond acceptors (Lipinski definition) is 3. The Morgan fingerprint density at radius 1 is 1.19 bits per heavy atom. The van der Waals surface area contributed by atoms with Crippen LogP contribution in [0.3, 0.4) is 0 Å². The molecule has 2 rings (SSSR count). The SMILES string of the molecule is CN(Cc1ccco1)C(=O)CCc1ccc(C(=O)O)cc1. The molecule has 0 aliphatic carbocycles. The van der Waals surface area contributed by atoms with Crippen LogP contribution in [0, 0.1) is 0 Å². The van der Waals surface area contributed by atoms with E-state index in [1.54, 1.807) is 48.5 Å². The molecule has 0 fully saturated rings. The zero-order chi connectivity index (χ0) is 15.2. The van der Waals surface area contributed by atoms with E-state index in [0.717, 1.165) is 11.3 Å². The molecule has 5 nitrogen and oxygen atoms in total. The highest BCUT2D eigenvalue weighted by molar-refractivity contribution is 5.87. The summed E-state index contributed by atoms with van der Waals surface area (Å²) in [7, 11) is 1.73. The monoisotopic (exact) mass is 287 g/mol. The van der Waals surface area contributed by atoms with Crippen molar-refractivity contribution in [1.29, 1.82) is 0 Å². The molecule has 21 heavy (non-hydrogen) atoms. The first-order chi connectivity index (χ1) is 10.1. The van der Waals surface area contributed by atoms with Gasteiger partial charge in [0.2, 0.25) is 5.91 Å². The number of carbonyl (C=O) groups excluding carboxylic acids is 1. The molecule has 0 aliphatic heterocycles. The normalized spacial score (nSPS) is 10.3. The van der Waals surface area contributed by atoms with Gasteiger partial charge in [0.1, 0.15) is 5.76 Å². The zero-order valence-corrected chi connectivity index (χ0v) is 11.8. The molecular formula is C16H17NO4. The minimum absolute atomic E-state index is 0.0220. The molecule has 0 atom stereocenters. The molecule has 0 saturated carbocycles. The lowest BCUT2D eigenvalue weighted by Gasteiger charge is -2.15. The molecular weight excluding hydrogens is 270 g/mol. The highest BCUT2D eigenvalue weighted by atomic mass is 16.4. The van der Waals surface area contributed by atoms with Gasteiger partial charge in [-0.05, 0) is 36.2 Å². The van der Waals surface area contributed by atoms with Gasteiger partial charge in [-0.15, -0.1) is 0 Å². The maximum absolute atomic E-state index is 12.0. The van der Waals surface area contributed by atoms with Gasteiger partial charge in [-0.2, -0.15) is 0 Å². The Balaban J connectivity index is 1.84. The smallest absolute Gasteiger partial charge is 0.335 e. The minimum Gasteiger partial charge on any atom is -0.478 e. The first-order valence-electron chi connectivity index (χ1n) is 6.65. The van der Waals surface area contributed by atoms with Crippen LogP contribution >= 0.6 is 0 Å².